The monoisotopic (exact) mass is 322 g/mol. The summed E-state index contributed by atoms with van der Waals surface area (Å²) in [4.78, 5) is 14.4. The lowest BCUT2D eigenvalue weighted by Crippen LogP contribution is -2.45. The van der Waals surface area contributed by atoms with Crippen molar-refractivity contribution in [1.29, 1.82) is 5.26 Å². The number of nitriles is 1. The van der Waals surface area contributed by atoms with Crippen molar-refractivity contribution in [2.75, 3.05) is 19.7 Å². The van der Waals surface area contributed by atoms with Crippen LogP contribution in [0.25, 0.3) is 22.4 Å². The number of furan rings is 1. The lowest BCUT2D eigenvalue weighted by molar-refractivity contribution is 0.00350. The molecule has 0 bridgehead atoms. The van der Waals surface area contributed by atoms with E-state index in [2.05, 4.69) is 10.2 Å². The number of carbonyl (C=O) groups excluding carboxylic acids is 1. The van der Waals surface area contributed by atoms with Crippen molar-refractivity contribution in [2.45, 2.75) is 6.10 Å². The van der Waals surface area contributed by atoms with Gasteiger partial charge in [0.2, 0.25) is 0 Å². The van der Waals surface area contributed by atoms with Gasteiger partial charge < -0.3 is 14.1 Å². The molecule has 1 unspecified atom stereocenters. The number of H-pyrrole nitrogens is 1. The molecule has 0 saturated carbocycles. The molecule has 2 aromatic heterocycles. The topological polar surface area (TPSA) is 95.2 Å². The van der Waals surface area contributed by atoms with Crippen LogP contribution in [0.1, 0.15) is 10.4 Å². The van der Waals surface area contributed by atoms with Gasteiger partial charge in [0.25, 0.3) is 5.91 Å². The van der Waals surface area contributed by atoms with Crippen molar-refractivity contribution in [1.82, 2.24) is 15.1 Å². The molecule has 0 spiro atoms. The Morgan fingerprint density at radius 3 is 3.12 bits per heavy atom. The van der Waals surface area contributed by atoms with Crippen LogP contribution >= 0.6 is 0 Å². The van der Waals surface area contributed by atoms with Gasteiger partial charge in [0, 0.05) is 11.9 Å². The summed E-state index contributed by atoms with van der Waals surface area (Å²) in [6.07, 6.45) is 0.895. The van der Waals surface area contributed by atoms with Crippen LogP contribution in [-0.4, -0.2) is 46.8 Å². The first kappa shape index (κ1) is 14.5. The van der Waals surface area contributed by atoms with E-state index in [1.165, 1.54) is 6.20 Å². The van der Waals surface area contributed by atoms with Crippen LogP contribution in [0.15, 0.2) is 40.9 Å². The number of fused-ring (bicyclic) bond motifs is 1. The van der Waals surface area contributed by atoms with E-state index in [-0.39, 0.29) is 12.5 Å². The highest BCUT2D eigenvalue weighted by Gasteiger charge is 2.28. The van der Waals surface area contributed by atoms with Crippen molar-refractivity contribution < 1.29 is 13.9 Å². The Morgan fingerprint density at radius 2 is 2.29 bits per heavy atom. The maximum absolute atomic E-state index is 12.8. The van der Waals surface area contributed by atoms with Crippen LogP contribution in [0.4, 0.5) is 0 Å². The van der Waals surface area contributed by atoms with Gasteiger partial charge >= 0.3 is 0 Å². The number of nitrogens with one attached hydrogen (secondary N) is 1. The molecule has 3 aromatic rings. The molecule has 1 saturated heterocycles. The molecular weight excluding hydrogens is 308 g/mol. The fraction of sp³-hybridized carbons (Fsp3) is 0.235. The van der Waals surface area contributed by atoms with Crippen molar-refractivity contribution in [3.05, 3.63) is 42.1 Å². The van der Waals surface area contributed by atoms with Gasteiger partial charge in [0.15, 0.2) is 11.9 Å². The van der Waals surface area contributed by atoms with Crippen LogP contribution in [0.5, 0.6) is 0 Å². The number of carbonyl (C=O) groups is 1. The largest absolute Gasteiger partial charge is 0.454 e. The molecule has 1 N–H and O–H groups in total. The number of aromatic nitrogens is 2. The molecule has 1 aliphatic heterocycles. The molecule has 1 aromatic carbocycles. The van der Waals surface area contributed by atoms with Crippen LogP contribution in [0.2, 0.25) is 0 Å². The minimum Gasteiger partial charge on any atom is -0.454 e. The number of ether oxygens (including phenoxy) is 1. The van der Waals surface area contributed by atoms with E-state index in [0.29, 0.717) is 30.2 Å². The van der Waals surface area contributed by atoms with Gasteiger partial charge in [0.05, 0.1) is 31.0 Å². The van der Waals surface area contributed by atoms with Crippen LogP contribution in [0.3, 0.4) is 0 Å². The van der Waals surface area contributed by atoms with E-state index in [1.807, 2.05) is 36.4 Å². The molecule has 3 heterocycles. The van der Waals surface area contributed by atoms with E-state index in [9.17, 15) is 4.79 Å². The smallest absolute Gasteiger partial charge is 0.258 e. The van der Waals surface area contributed by atoms with Crippen molar-refractivity contribution >= 4 is 16.9 Å². The Kier molecular flexibility index (Phi) is 3.52. The molecule has 1 atom stereocenters. The third kappa shape index (κ3) is 2.43. The Labute approximate surface area is 137 Å². The molecule has 1 fully saturated rings. The standard InChI is InChI=1S/C17H14N4O3/c18-8-12-10-21(5-6-23-12)17(22)13-9-19-20-16(13)15-7-11-3-1-2-4-14(11)24-15/h1-4,7,9,12H,5-6,10H2,(H,19,20). The first-order chi connectivity index (χ1) is 11.8. The molecule has 1 amide bonds. The minimum atomic E-state index is -0.593. The summed E-state index contributed by atoms with van der Waals surface area (Å²) in [6, 6.07) is 11.5. The summed E-state index contributed by atoms with van der Waals surface area (Å²) in [6.45, 7) is 1.05. The maximum atomic E-state index is 12.8. The number of benzene rings is 1. The van der Waals surface area contributed by atoms with Crippen LogP contribution in [-0.2, 0) is 4.74 Å². The third-order valence-corrected chi connectivity index (χ3v) is 4.04. The molecule has 24 heavy (non-hydrogen) atoms. The summed E-state index contributed by atoms with van der Waals surface area (Å²) in [5, 5.41) is 16.8. The van der Waals surface area contributed by atoms with Crippen molar-refractivity contribution in [3.8, 4) is 17.5 Å². The number of amides is 1. The maximum Gasteiger partial charge on any atom is 0.258 e. The Balaban J connectivity index is 1.67. The van der Waals surface area contributed by atoms with Gasteiger partial charge in [0.1, 0.15) is 11.3 Å². The van der Waals surface area contributed by atoms with Crippen molar-refractivity contribution in [3.63, 3.8) is 0 Å². The van der Waals surface area contributed by atoms with Gasteiger partial charge in [-0.05, 0) is 12.1 Å². The quantitative estimate of drug-likeness (QED) is 0.780. The third-order valence-electron chi connectivity index (χ3n) is 4.04. The van der Waals surface area contributed by atoms with Gasteiger partial charge in [-0.15, -0.1) is 0 Å². The first-order valence-electron chi connectivity index (χ1n) is 7.59. The number of hydrogen-bond donors (Lipinski definition) is 1. The molecule has 1 aliphatic rings. The highest BCUT2D eigenvalue weighted by atomic mass is 16.5. The van der Waals surface area contributed by atoms with E-state index < -0.39 is 6.10 Å². The summed E-state index contributed by atoms with van der Waals surface area (Å²) in [5.41, 5.74) is 1.71. The molecule has 0 aliphatic carbocycles. The average Bonchev–Trinajstić information content (AvgIpc) is 3.27. The number of aromatic amines is 1. The molecular formula is C17H14N4O3. The van der Waals surface area contributed by atoms with Gasteiger partial charge in [-0.2, -0.15) is 10.4 Å². The Hall–Kier alpha value is -3.11. The molecule has 0 radical (unpaired) electrons. The number of rotatable bonds is 2. The molecule has 120 valence electrons. The normalized spacial score (nSPS) is 17.8. The fourth-order valence-corrected chi connectivity index (χ4v) is 2.82. The zero-order chi connectivity index (χ0) is 16.5. The molecule has 7 nitrogen and oxygen atoms in total. The SMILES string of the molecule is N#CC1CN(C(=O)c2cn[nH]c2-c2cc3ccccc3o2)CCO1. The molecule has 4 rings (SSSR count). The predicted octanol–water partition coefficient (Wildman–Crippen LogP) is 2.19. The zero-order valence-electron chi connectivity index (χ0n) is 12.7. The second kappa shape index (κ2) is 5.83. The molecule has 7 heteroatoms. The highest BCUT2D eigenvalue weighted by Crippen LogP contribution is 2.29. The second-order valence-electron chi connectivity index (χ2n) is 5.55. The Bertz CT molecular complexity index is 904. The predicted molar refractivity (Wildman–Crippen MR) is 85.1 cm³/mol. The summed E-state index contributed by atoms with van der Waals surface area (Å²) >= 11 is 0. The minimum absolute atomic E-state index is 0.192. The van der Waals surface area contributed by atoms with Gasteiger partial charge in [-0.1, -0.05) is 18.2 Å². The van der Waals surface area contributed by atoms with E-state index >= 15 is 0 Å². The van der Waals surface area contributed by atoms with E-state index in [1.54, 1.807) is 4.90 Å². The number of para-hydroxylation sites is 1. The average molecular weight is 322 g/mol. The van der Waals surface area contributed by atoms with Crippen molar-refractivity contribution in [2.24, 2.45) is 0 Å². The fourth-order valence-electron chi connectivity index (χ4n) is 2.82. The summed E-state index contributed by atoms with van der Waals surface area (Å²) in [7, 11) is 0. The van der Waals surface area contributed by atoms with E-state index in [4.69, 9.17) is 14.4 Å². The Morgan fingerprint density at radius 1 is 1.42 bits per heavy atom. The van der Waals surface area contributed by atoms with Gasteiger partial charge in [-0.3, -0.25) is 9.89 Å². The van der Waals surface area contributed by atoms with Crippen LogP contribution < -0.4 is 0 Å². The van der Waals surface area contributed by atoms with E-state index in [0.717, 1.165) is 11.0 Å². The number of nitrogens with zero attached hydrogens (tertiary/aromatic N) is 3. The lowest BCUT2D eigenvalue weighted by atomic mass is 10.1. The summed E-state index contributed by atoms with van der Waals surface area (Å²) < 4.78 is 11.1. The lowest BCUT2D eigenvalue weighted by Gasteiger charge is -2.29. The zero-order valence-corrected chi connectivity index (χ0v) is 12.7. The van der Waals surface area contributed by atoms with Crippen LogP contribution in [0, 0.1) is 11.3 Å². The summed E-state index contributed by atoms with van der Waals surface area (Å²) in [5.74, 6) is 0.366. The number of morpholine rings is 1. The highest BCUT2D eigenvalue weighted by molar-refractivity contribution is 6.00. The van der Waals surface area contributed by atoms with Gasteiger partial charge in [-0.25, -0.2) is 0 Å². The second-order valence-corrected chi connectivity index (χ2v) is 5.55. The number of hydrogen-bond acceptors (Lipinski definition) is 5. The first-order valence-corrected chi connectivity index (χ1v) is 7.59.